The maximum Gasteiger partial charge on any atom is 0.308 e. The Morgan fingerprint density at radius 3 is 2.56 bits per heavy atom. The van der Waals surface area contributed by atoms with Gasteiger partial charge in [0.05, 0.1) is 35.4 Å². The predicted octanol–water partition coefficient (Wildman–Crippen LogP) is 1.41. The summed E-state index contributed by atoms with van der Waals surface area (Å²) in [6.07, 6.45) is 0. The molecule has 9 nitrogen and oxygen atoms in total. The number of amides is 1. The number of nitrogens with zero attached hydrogens (tertiary/aromatic N) is 2. The lowest BCUT2D eigenvalue weighted by molar-refractivity contribution is -0.135. The number of benzene rings is 2. The first kappa shape index (κ1) is 22.5. The first-order chi connectivity index (χ1) is 15.4. The van der Waals surface area contributed by atoms with E-state index in [1.54, 1.807) is 42.3 Å². The van der Waals surface area contributed by atoms with Crippen LogP contribution in [0.3, 0.4) is 0 Å². The van der Waals surface area contributed by atoms with E-state index in [0.717, 1.165) is 16.9 Å². The molecule has 1 amide bonds. The topological polar surface area (TPSA) is 107 Å². The van der Waals surface area contributed by atoms with Crippen molar-refractivity contribution in [1.82, 2.24) is 14.2 Å². The van der Waals surface area contributed by atoms with Crippen LogP contribution in [0.15, 0.2) is 52.2 Å². The molecule has 0 radical (unpaired) electrons. The fourth-order valence-corrected chi connectivity index (χ4v) is 5.46. The van der Waals surface area contributed by atoms with E-state index in [-0.39, 0.29) is 28.8 Å². The third-order valence-electron chi connectivity index (χ3n) is 5.23. The zero-order valence-corrected chi connectivity index (χ0v) is 19.1. The van der Waals surface area contributed by atoms with Crippen LogP contribution in [0.1, 0.15) is 5.56 Å². The number of fused-ring (bicyclic) bond motifs is 1. The molecule has 1 aliphatic rings. The number of aromatic nitrogens is 1. The number of rotatable bonds is 7. The van der Waals surface area contributed by atoms with Crippen molar-refractivity contribution in [3.8, 4) is 5.75 Å². The molecule has 1 saturated heterocycles. The zero-order valence-electron chi connectivity index (χ0n) is 17.4. The van der Waals surface area contributed by atoms with Gasteiger partial charge in [-0.2, -0.15) is 0 Å². The SMILES string of the molecule is COc1ccc(CNS(=O)(=O)c2ccc3c(c2)sc(=O)n3CC(=O)N2CCOCC2)cc1. The van der Waals surface area contributed by atoms with E-state index in [1.807, 2.05) is 0 Å². The molecule has 2 aromatic carbocycles. The van der Waals surface area contributed by atoms with E-state index >= 15 is 0 Å². The molecule has 11 heteroatoms. The van der Waals surface area contributed by atoms with Crippen molar-refractivity contribution < 1.29 is 22.7 Å². The molecule has 0 atom stereocenters. The number of hydrogen-bond donors (Lipinski definition) is 1. The highest BCUT2D eigenvalue weighted by Crippen LogP contribution is 2.22. The molecule has 0 bridgehead atoms. The fourth-order valence-electron chi connectivity index (χ4n) is 3.42. The molecular weight excluding hydrogens is 454 g/mol. The highest BCUT2D eigenvalue weighted by atomic mass is 32.2. The number of sulfonamides is 1. The minimum absolute atomic E-state index is 0.0615. The summed E-state index contributed by atoms with van der Waals surface area (Å²) in [6, 6.07) is 11.6. The van der Waals surface area contributed by atoms with Crippen LogP contribution in [0.25, 0.3) is 10.2 Å². The highest BCUT2D eigenvalue weighted by Gasteiger charge is 2.21. The van der Waals surface area contributed by atoms with Crippen molar-refractivity contribution in [2.24, 2.45) is 0 Å². The van der Waals surface area contributed by atoms with Crippen LogP contribution < -0.4 is 14.3 Å². The lowest BCUT2D eigenvalue weighted by Crippen LogP contribution is -2.43. The van der Waals surface area contributed by atoms with Crippen molar-refractivity contribution in [2.75, 3.05) is 33.4 Å². The summed E-state index contributed by atoms with van der Waals surface area (Å²) in [7, 11) is -2.22. The van der Waals surface area contributed by atoms with Gasteiger partial charge in [0.2, 0.25) is 15.9 Å². The molecule has 170 valence electrons. The molecule has 4 rings (SSSR count). The molecule has 0 saturated carbocycles. The predicted molar refractivity (Wildman–Crippen MR) is 121 cm³/mol. The summed E-state index contributed by atoms with van der Waals surface area (Å²) in [5.41, 5.74) is 1.32. The van der Waals surface area contributed by atoms with Crippen LogP contribution in [-0.2, 0) is 32.6 Å². The van der Waals surface area contributed by atoms with Gasteiger partial charge in [-0.15, -0.1) is 0 Å². The van der Waals surface area contributed by atoms with Crippen LogP contribution in [-0.4, -0.2) is 57.2 Å². The molecular formula is C21H23N3O6S2. The average Bonchev–Trinajstić information content (AvgIpc) is 3.12. The van der Waals surface area contributed by atoms with Gasteiger partial charge in [0, 0.05) is 19.6 Å². The van der Waals surface area contributed by atoms with Gasteiger partial charge in [-0.3, -0.25) is 14.2 Å². The number of thiazole rings is 1. The summed E-state index contributed by atoms with van der Waals surface area (Å²) < 4.78 is 40.3. The second kappa shape index (κ2) is 9.41. The molecule has 0 unspecified atom stereocenters. The minimum Gasteiger partial charge on any atom is -0.497 e. The third kappa shape index (κ3) is 4.85. The lowest BCUT2D eigenvalue weighted by Gasteiger charge is -2.26. The van der Waals surface area contributed by atoms with E-state index in [2.05, 4.69) is 4.72 Å². The molecule has 0 aliphatic carbocycles. The summed E-state index contributed by atoms with van der Waals surface area (Å²) in [5.74, 6) is 0.529. The first-order valence-corrected chi connectivity index (χ1v) is 12.3. The van der Waals surface area contributed by atoms with Gasteiger partial charge in [0.15, 0.2) is 0 Å². The summed E-state index contributed by atoms with van der Waals surface area (Å²) in [4.78, 5) is 26.5. The number of carbonyl (C=O) groups excluding carboxylic acids is 1. The molecule has 32 heavy (non-hydrogen) atoms. The molecule has 1 aromatic heterocycles. The Balaban J connectivity index is 1.51. The molecule has 1 aliphatic heterocycles. The maximum atomic E-state index is 12.8. The molecule has 0 spiro atoms. The Kier molecular flexibility index (Phi) is 6.60. The van der Waals surface area contributed by atoms with Gasteiger partial charge in [-0.25, -0.2) is 13.1 Å². The van der Waals surface area contributed by atoms with Crippen molar-refractivity contribution in [1.29, 1.82) is 0 Å². The van der Waals surface area contributed by atoms with Crippen LogP contribution in [0.5, 0.6) is 5.75 Å². The summed E-state index contributed by atoms with van der Waals surface area (Å²) >= 11 is 0.922. The van der Waals surface area contributed by atoms with E-state index in [0.29, 0.717) is 42.3 Å². The Labute approximate surface area is 189 Å². The van der Waals surface area contributed by atoms with Crippen molar-refractivity contribution in [3.63, 3.8) is 0 Å². The van der Waals surface area contributed by atoms with Crippen molar-refractivity contribution >= 4 is 37.5 Å². The zero-order chi connectivity index (χ0) is 22.7. The lowest BCUT2D eigenvalue weighted by atomic mass is 10.2. The smallest absolute Gasteiger partial charge is 0.308 e. The third-order valence-corrected chi connectivity index (χ3v) is 7.57. The summed E-state index contributed by atoms with van der Waals surface area (Å²) in [6.45, 7) is 2.00. The first-order valence-electron chi connectivity index (χ1n) is 9.99. The van der Waals surface area contributed by atoms with E-state index in [9.17, 15) is 18.0 Å². The number of methoxy groups -OCH3 is 1. The largest absolute Gasteiger partial charge is 0.497 e. The Hall–Kier alpha value is -2.73. The number of nitrogens with one attached hydrogen (secondary N) is 1. The number of ether oxygens (including phenoxy) is 2. The van der Waals surface area contributed by atoms with Gasteiger partial charge in [0.25, 0.3) is 0 Å². The van der Waals surface area contributed by atoms with Crippen LogP contribution in [0, 0.1) is 0 Å². The summed E-state index contributed by atoms with van der Waals surface area (Å²) in [5, 5.41) is 0. The normalized spacial score (nSPS) is 14.6. The maximum absolute atomic E-state index is 12.8. The Morgan fingerprint density at radius 2 is 1.88 bits per heavy atom. The molecule has 1 N–H and O–H groups in total. The number of morpholine rings is 1. The molecule has 3 aromatic rings. The highest BCUT2D eigenvalue weighted by molar-refractivity contribution is 7.89. The van der Waals surface area contributed by atoms with Crippen molar-refractivity contribution in [2.45, 2.75) is 18.0 Å². The van der Waals surface area contributed by atoms with E-state index in [1.165, 1.54) is 16.7 Å². The van der Waals surface area contributed by atoms with Gasteiger partial charge < -0.3 is 14.4 Å². The van der Waals surface area contributed by atoms with Gasteiger partial charge in [-0.05, 0) is 35.9 Å². The standard InChI is InChI=1S/C21H23N3O6S2/c1-29-16-4-2-15(3-5-16)13-22-32(27,28)17-6-7-18-19(12-17)31-21(26)24(18)14-20(25)23-8-10-30-11-9-23/h2-7,12,22H,8-11,13-14H2,1H3. The van der Waals surface area contributed by atoms with Crippen LogP contribution >= 0.6 is 11.3 Å². The quantitative estimate of drug-likeness (QED) is 0.552. The van der Waals surface area contributed by atoms with Gasteiger partial charge in [-0.1, -0.05) is 23.5 Å². The van der Waals surface area contributed by atoms with Gasteiger partial charge in [0.1, 0.15) is 12.3 Å². The monoisotopic (exact) mass is 477 g/mol. The van der Waals surface area contributed by atoms with Crippen molar-refractivity contribution in [3.05, 3.63) is 57.7 Å². The molecule has 1 fully saturated rings. The molecule has 2 heterocycles. The Bertz CT molecular complexity index is 1280. The number of hydrogen-bond acceptors (Lipinski definition) is 7. The fraction of sp³-hybridized carbons (Fsp3) is 0.333. The van der Waals surface area contributed by atoms with Gasteiger partial charge >= 0.3 is 4.87 Å². The van der Waals surface area contributed by atoms with Crippen LogP contribution in [0.4, 0.5) is 0 Å². The second-order valence-corrected chi connectivity index (χ2v) is 10.0. The minimum atomic E-state index is -3.78. The second-order valence-electron chi connectivity index (χ2n) is 7.25. The van der Waals surface area contributed by atoms with E-state index in [4.69, 9.17) is 9.47 Å². The average molecular weight is 478 g/mol. The number of carbonyl (C=O) groups is 1. The van der Waals surface area contributed by atoms with Crippen LogP contribution in [0.2, 0.25) is 0 Å². The Morgan fingerprint density at radius 1 is 1.16 bits per heavy atom. The van der Waals surface area contributed by atoms with E-state index < -0.39 is 10.0 Å².